The molecule has 0 atom stereocenters. The van der Waals surface area contributed by atoms with E-state index in [4.69, 9.17) is 4.74 Å². The molecule has 0 saturated carbocycles. The Morgan fingerprint density at radius 2 is 1.96 bits per heavy atom. The summed E-state index contributed by atoms with van der Waals surface area (Å²) in [5.41, 5.74) is 1.47. The summed E-state index contributed by atoms with van der Waals surface area (Å²) in [6.07, 6.45) is 2.08. The predicted molar refractivity (Wildman–Crippen MR) is 98.5 cm³/mol. The zero-order valence-electron chi connectivity index (χ0n) is 14.7. The van der Waals surface area contributed by atoms with Crippen LogP contribution >= 0.6 is 11.3 Å². The third-order valence-corrected chi connectivity index (χ3v) is 4.51. The van der Waals surface area contributed by atoms with Crippen LogP contribution in [-0.2, 0) is 22.5 Å². The van der Waals surface area contributed by atoms with Gasteiger partial charge in [-0.25, -0.2) is 9.78 Å². The molecular weight excluding hydrogens is 336 g/mol. The van der Waals surface area contributed by atoms with Gasteiger partial charge >= 0.3 is 5.97 Å². The number of rotatable bonds is 9. The number of hydrogen-bond acceptors (Lipinski definition) is 5. The number of aryl methyl sites for hydroxylation is 1. The van der Waals surface area contributed by atoms with Crippen LogP contribution in [0.15, 0.2) is 35.7 Å². The molecule has 0 aliphatic rings. The molecule has 0 saturated heterocycles. The SMILES string of the molecule is CCCN(Cc1nc(C(=O)OCC)cs1)C(=O)CCc1ccccc1. The average Bonchev–Trinajstić information content (AvgIpc) is 3.09. The zero-order valence-corrected chi connectivity index (χ0v) is 15.6. The van der Waals surface area contributed by atoms with Crippen molar-refractivity contribution in [1.29, 1.82) is 0 Å². The molecule has 25 heavy (non-hydrogen) atoms. The summed E-state index contributed by atoms with van der Waals surface area (Å²) >= 11 is 1.38. The van der Waals surface area contributed by atoms with Crippen molar-refractivity contribution in [3.8, 4) is 0 Å². The first-order valence-corrected chi connectivity index (χ1v) is 9.45. The zero-order chi connectivity index (χ0) is 18.1. The summed E-state index contributed by atoms with van der Waals surface area (Å²) in [6, 6.07) is 10.00. The Balaban J connectivity index is 1.95. The van der Waals surface area contributed by atoms with Crippen LogP contribution in [0.3, 0.4) is 0 Å². The molecule has 2 aromatic rings. The van der Waals surface area contributed by atoms with Crippen LogP contribution in [0.2, 0.25) is 0 Å². The van der Waals surface area contributed by atoms with Gasteiger partial charge in [0.25, 0.3) is 0 Å². The molecule has 0 N–H and O–H groups in total. The van der Waals surface area contributed by atoms with Crippen molar-refractivity contribution in [3.63, 3.8) is 0 Å². The Bertz CT molecular complexity index is 685. The minimum absolute atomic E-state index is 0.110. The normalized spacial score (nSPS) is 10.5. The van der Waals surface area contributed by atoms with Gasteiger partial charge in [-0.15, -0.1) is 11.3 Å². The van der Waals surface area contributed by atoms with Gasteiger partial charge in [-0.3, -0.25) is 4.79 Å². The molecule has 0 bridgehead atoms. The van der Waals surface area contributed by atoms with E-state index in [1.54, 1.807) is 12.3 Å². The van der Waals surface area contributed by atoms with Gasteiger partial charge in [-0.2, -0.15) is 0 Å². The van der Waals surface area contributed by atoms with Crippen molar-refractivity contribution >= 4 is 23.2 Å². The summed E-state index contributed by atoms with van der Waals surface area (Å²) in [7, 11) is 0. The second kappa shape index (κ2) is 9.93. The van der Waals surface area contributed by atoms with Gasteiger partial charge in [0.15, 0.2) is 5.69 Å². The smallest absolute Gasteiger partial charge is 0.357 e. The molecule has 1 amide bonds. The summed E-state index contributed by atoms with van der Waals surface area (Å²) < 4.78 is 4.95. The van der Waals surface area contributed by atoms with E-state index in [1.807, 2.05) is 42.2 Å². The van der Waals surface area contributed by atoms with Gasteiger partial charge in [0, 0.05) is 18.3 Å². The predicted octanol–water partition coefficient (Wildman–Crippen LogP) is 3.69. The largest absolute Gasteiger partial charge is 0.461 e. The lowest BCUT2D eigenvalue weighted by molar-refractivity contribution is -0.131. The number of amides is 1. The van der Waals surface area contributed by atoms with Crippen molar-refractivity contribution in [1.82, 2.24) is 9.88 Å². The quantitative estimate of drug-likeness (QED) is 0.640. The fraction of sp³-hybridized carbons (Fsp3) is 0.421. The molecule has 5 nitrogen and oxygen atoms in total. The molecule has 6 heteroatoms. The minimum atomic E-state index is -0.414. The van der Waals surface area contributed by atoms with Gasteiger partial charge in [-0.05, 0) is 25.3 Å². The highest BCUT2D eigenvalue weighted by molar-refractivity contribution is 7.09. The van der Waals surface area contributed by atoms with E-state index in [9.17, 15) is 9.59 Å². The molecule has 1 aromatic heterocycles. The maximum Gasteiger partial charge on any atom is 0.357 e. The Morgan fingerprint density at radius 3 is 2.64 bits per heavy atom. The summed E-state index contributed by atoms with van der Waals surface area (Å²) in [5.74, 6) is -0.305. The number of thiazole rings is 1. The minimum Gasteiger partial charge on any atom is -0.461 e. The van der Waals surface area contributed by atoms with E-state index >= 15 is 0 Å². The number of carbonyl (C=O) groups excluding carboxylic acids is 2. The molecule has 2 rings (SSSR count). The number of ether oxygens (including phenoxy) is 1. The topological polar surface area (TPSA) is 59.5 Å². The van der Waals surface area contributed by atoms with Crippen LogP contribution in [0.25, 0.3) is 0 Å². The molecular formula is C19H24N2O3S. The summed E-state index contributed by atoms with van der Waals surface area (Å²) in [4.78, 5) is 30.4. The molecule has 0 aliphatic heterocycles. The molecule has 1 aromatic carbocycles. The first-order valence-electron chi connectivity index (χ1n) is 8.57. The standard InChI is InChI=1S/C19H24N2O3S/c1-3-12-21(18(22)11-10-15-8-6-5-7-9-15)13-17-20-16(14-25-17)19(23)24-4-2/h5-9,14H,3-4,10-13H2,1-2H3. The van der Waals surface area contributed by atoms with Crippen LogP contribution in [0.5, 0.6) is 0 Å². The molecule has 0 radical (unpaired) electrons. The molecule has 1 heterocycles. The first-order chi connectivity index (χ1) is 12.1. The van der Waals surface area contributed by atoms with Crippen LogP contribution in [-0.4, -0.2) is 34.9 Å². The van der Waals surface area contributed by atoms with Crippen molar-refractivity contribution in [3.05, 3.63) is 52.0 Å². The Hall–Kier alpha value is -2.21. The number of esters is 1. The molecule has 0 unspecified atom stereocenters. The third kappa shape index (κ3) is 5.98. The van der Waals surface area contributed by atoms with Crippen LogP contribution in [0, 0.1) is 0 Å². The van der Waals surface area contributed by atoms with Gasteiger partial charge in [0.05, 0.1) is 13.2 Å². The maximum absolute atomic E-state index is 12.6. The third-order valence-electron chi connectivity index (χ3n) is 3.68. The van der Waals surface area contributed by atoms with Crippen molar-refractivity contribution < 1.29 is 14.3 Å². The van der Waals surface area contributed by atoms with E-state index < -0.39 is 5.97 Å². The van der Waals surface area contributed by atoms with Gasteiger partial charge < -0.3 is 9.64 Å². The summed E-state index contributed by atoms with van der Waals surface area (Å²) in [5, 5.41) is 2.44. The van der Waals surface area contributed by atoms with Crippen molar-refractivity contribution in [2.24, 2.45) is 0 Å². The highest BCUT2D eigenvalue weighted by atomic mass is 32.1. The van der Waals surface area contributed by atoms with Crippen LogP contribution < -0.4 is 0 Å². The lowest BCUT2D eigenvalue weighted by Gasteiger charge is -2.21. The lowest BCUT2D eigenvalue weighted by atomic mass is 10.1. The Morgan fingerprint density at radius 1 is 1.20 bits per heavy atom. The lowest BCUT2D eigenvalue weighted by Crippen LogP contribution is -2.31. The van der Waals surface area contributed by atoms with Crippen molar-refractivity contribution in [2.75, 3.05) is 13.2 Å². The van der Waals surface area contributed by atoms with E-state index in [0.29, 0.717) is 31.8 Å². The highest BCUT2D eigenvalue weighted by Crippen LogP contribution is 2.15. The second-order valence-electron chi connectivity index (χ2n) is 5.65. The highest BCUT2D eigenvalue weighted by Gasteiger charge is 2.17. The van der Waals surface area contributed by atoms with Crippen LogP contribution in [0.1, 0.15) is 47.7 Å². The average molecular weight is 360 g/mol. The molecule has 134 valence electrons. The second-order valence-corrected chi connectivity index (χ2v) is 6.59. The summed E-state index contributed by atoms with van der Waals surface area (Å²) in [6.45, 7) is 5.25. The molecule has 0 aliphatic carbocycles. The van der Waals surface area contributed by atoms with Crippen LogP contribution in [0.4, 0.5) is 0 Å². The fourth-order valence-corrected chi connectivity index (χ4v) is 3.24. The van der Waals surface area contributed by atoms with E-state index in [0.717, 1.165) is 23.4 Å². The van der Waals surface area contributed by atoms with E-state index in [2.05, 4.69) is 4.98 Å². The van der Waals surface area contributed by atoms with E-state index in [1.165, 1.54) is 11.3 Å². The Kier molecular flexibility index (Phi) is 7.60. The monoisotopic (exact) mass is 360 g/mol. The number of nitrogens with zero attached hydrogens (tertiary/aromatic N) is 2. The van der Waals surface area contributed by atoms with Gasteiger partial charge in [0.1, 0.15) is 5.01 Å². The van der Waals surface area contributed by atoms with Gasteiger partial charge in [0.2, 0.25) is 5.91 Å². The fourth-order valence-electron chi connectivity index (χ4n) is 2.46. The first kappa shape index (κ1) is 19.1. The van der Waals surface area contributed by atoms with Crippen molar-refractivity contribution in [2.45, 2.75) is 39.7 Å². The van der Waals surface area contributed by atoms with E-state index in [-0.39, 0.29) is 5.91 Å². The maximum atomic E-state index is 12.6. The molecule has 0 fully saturated rings. The number of benzene rings is 1. The number of carbonyl (C=O) groups is 2. The number of hydrogen-bond donors (Lipinski definition) is 0. The Labute approximate surface area is 152 Å². The van der Waals surface area contributed by atoms with Gasteiger partial charge in [-0.1, -0.05) is 37.3 Å². The molecule has 0 spiro atoms. The number of aromatic nitrogens is 1.